The topological polar surface area (TPSA) is 26.0 Å². The van der Waals surface area contributed by atoms with Gasteiger partial charge >= 0.3 is 0 Å². The molecule has 0 radical (unpaired) electrons. The maximum atomic E-state index is 6.47. The number of rotatable bonds is 9. The first-order valence-corrected chi connectivity index (χ1v) is 9.70. The summed E-state index contributed by atoms with van der Waals surface area (Å²) in [5.41, 5.74) is 6.96. The molecule has 1 fully saturated rings. The summed E-state index contributed by atoms with van der Waals surface area (Å²) < 4.78 is 0. The van der Waals surface area contributed by atoms with Crippen molar-refractivity contribution in [2.45, 2.75) is 111 Å². The molecule has 0 heterocycles. The van der Waals surface area contributed by atoms with Gasteiger partial charge in [0.15, 0.2) is 0 Å². The number of unbranched alkanes of at least 4 members (excludes halogenated alkanes) is 6. The zero-order chi connectivity index (χ0) is 15.7. The van der Waals surface area contributed by atoms with Crippen molar-refractivity contribution in [3.8, 4) is 0 Å². The van der Waals surface area contributed by atoms with E-state index < -0.39 is 0 Å². The Kier molecular flexibility index (Phi) is 8.94. The molecule has 1 heteroatoms. The Morgan fingerprint density at radius 2 is 1.38 bits per heavy atom. The van der Waals surface area contributed by atoms with Crippen molar-refractivity contribution in [1.82, 2.24) is 0 Å². The third-order valence-electron chi connectivity index (χ3n) is 5.74. The monoisotopic (exact) mass is 295 g/mol. The third-order valence-corrected chi connectivity index (χ3v) is 5.74. The van der Waals surface area contributed by atoms with Gasteiger partial charge in [-0.25, -0.2) is 0 Å². The average Bonchev–Trinajstić information content (AvgIpc) is 2.45. The Morgan fingerprint density at radius 1 is 0.857 bits per heavy atom. The standard InChI is InChI=1S/C20H41N/c1-5-6-7-8-9-10-11-12-19(21)17-13-15-18(16-14-17)20(2,3)4/h17-19H,5-16,21H2,1-4H3. The first-order chi connectivity index (χ1) is 9.95. The molecule has 0 bridgehead atoms. The predicted molar refractivity (Wildman–Crippen MR) is 95.5 cm³/mol. The quantitative estimate of drug-likeness (QED) is 0.496. The van der Waals surface area contributed by atoms with Crippen molar-refractivity contribution in [1.29, 1.82) is 0 Å². The van der Waals surface area contributed by atoms with Gasteiger partial charge in [0.05, 0.1) is 0 Å². The molecule has 126 valence electrons. The highest BCUT2D eigenvalue weighted by molar-refractivity contribution is 4.84. The van der Waals surface area contributed by atoms with Gasteiger partial charge in [0, 0.05) is 6.04 Å². The fourth-order valence-corrected chi connectivity index (χ4v) is 3.99. The van der Waals surface area contributed by atoms with Crippen LogP contribution in [0.4, 0.5) is 0 Å². The molecular formula is C20H41N. The van der Waals surface area contributed by atoms with Crippen LogP contribution in [-0.2, 0) is 0 Å². The van der Waals surface area contributed by atoms with Gasteiger partial charge in [-0.2, -0.15) is 0 Å². The van der Waals surface area contributed by atoms with Gasteiger partial charge in [0.25, 0.3) is 0 Å². The van der Waals surface area contributed by atoms with Crippen molar-refractivity contribution in [3.63, 3.8) is 0 Å². The summed E-state index contributed by atoms with van der Waals surface area (Å²) in [5.74, 6) is 1.73. The molecule has 2 N–H and O–H groups in total. The molecule has 1 saturated carbocycles. The largest absolute Gasteiger partial charge is 0.327 e. The van der Waals surface area contributed by atoms with E-state index in [-0.39, 0.29) is 0 Å². The van der Waals surface area contributed by atoms with Gasteiger partial charge in [-0.3, -0.25) is 0 Å². The first kappa shape index (κ1) is 19.0. The van der Waals surface area contributed by atoms with Gasteiger partial charge in [0.2, 0.25) is 0 Å². The van der Waals surface area contributed by atoms with Crippen LogP contribution in [0, 0.1) is 17.3 Å². The molecule has 1 unspecified atom stereocenters. The van der Waals surface area contributed by atoms with E-state index in [0.29, 0.717) is 11.5 Å². The minimum absolute atomic E-state index is 0.474. The lowest BCUT2D eigenvalue weighted by Gasteiger charge is -2.38. The van der Waals surface area contributed by atoms with Crippen LogP contribution >= 0.6 is 0 Å². The lowest BCUT2D eigenvalue weighted by atomic mass is 9.68. The van der Waals surface area contributed by atoms with E-state index in [1.54, 1.807) is 0 Å². The summed E-state index contributed by atoms with van der Waals surface area (Å²) in [6.07, 6.45) is 16.6. The minimum Gasteiger partial charge on any atom is -0.327 e. The number of nitrogens with two attached hydrogens (primary N) is 1. The summed E-state index contributed by atoms with van der Waals surface area (Å²) in [5, 5.41) is 0. The van der Waals surface area contributed by atoms with Crippen LogP contribution in [0.3, 0.4) is 0 Å². The maximum absolute atomic E-state index is 6.47. The van der Waals surface area contributed by atoms with Crippen molar-refractivity contribution in [3.05, 3.63) is 0 Å². The summed E-state index contributed by atoms with van der Waals surface area (Å²) in [4.78, 5) is 0. The maximum Gasteiger partial charge on any atom is 0.00671 e. The van der Waals surface area contributed by atoms with Crippen LogP contribution in [0.15, 0.2) is 0 Å². The van der Waals surface area contributed by atoms with Crippen molar-refractivity contribution in [2.24, 2.45) is 23.0 Å². The van der Waals surface area contributed by atoms with Crippen LogP contribution in [-0.4, -0.2) is 6.04 Å². The molecule has 0 aromatic rings. The second-order valence-electron chi connectivity index (χ2n) is 8.55. The lowest BCUT2D eigenvalue weighted by molar-refractivity contribution is 0.137. The van der Waals surface area contributed by atoms with E-state index in [2.05, 4.69) is 27.7 Å². The number of hydrogen-bond acceptors (Lipinski definition) is 1. The van der Waals surface area contributed by atoms with Crippen LogP contribution in [0.25, 0.3) is 0 Å². The molecule has 21 heavy (non-hydrogen) atoms. The molecule has 0 aromatic carbocycles. The summed E-state index contributed by atoms with van der Waals surface area (Å²) in [7, 11) is 0. The van der Waals surface area contributed by atoms with Crippen molar-refractivity contribution >= 4 is 0 Å². The Hall–Kier alpha value is -0.0400. The molecule has 1 rings (SSSR count). The molecule has 0 amide bonds. The van der Waals surface area contributed by atoms with E-state index in [9.17, 15) is 0 Å². The Morgan fingerprint density at radius 3 is 1.90 bits per heavy atom. The Bertz CT molecular complexity index is 245. The normalized spacial score (nSPS) is 25.0. The van der Waals surface area contributed by atoms with Crippen LogP contribution in [0.1, 0.15) is 105 Å². The zero-order valence-electron chi connectivity index (χ0n) is 15.3. The fourth-order valence-electron chi connectivity index (χ4n) is 3.99. The molecule has 1 nitrogen and oxygen atoms in total. The summed E-state index contributed by atoms with van der Waals surface area (Å²) >= 11 is 0. The van der Waals surface area contributed by atoms with Crippen LogP contribution in [0.5, 0.6) is 0 Å². The summed E-state index contributed by atoms with van der Waals surface area (Å²) in [6, 6.07) is 0.474. The van der Waals surface area contributed by atoms with E-state index >= 15 is 0 Å². The Balaban J connectivity index is 2.07. The lowest BCUT2D eigenvalue weighted by Crippen LogP contribution is -2.35. The molecular weight excluding hydrogens is 254 g/mol. The molecule has 0 aliphatic heterocycles. The van der Waals surface area contributed by atoms with Gasteiger partial charge in [-0.15, -0.1) is 0 Å². The second kappa shape index (κ2) is 9.87. The van der Waals surface area contributed by atoms with E-state index in [1.807, 2.05) is 0 Å². The first-order valence-electron chi connectivity index (χ1n) is 9.70. The van der Waals surface area contributed by atoms with Gasteiger partial charge in [0.1, 0.15) is 0 Å². The van der Waals surface area contributed by atoms with Crippen molar-refractivity contribution < 1.29 is 0 Å². The van der Waals surface area contributed by atoms with E-state index in [0.717, 1.165) is 11.8 Å². The minimum atomic E-state index is 0.474. The predicted octanol–water partition coefficient (Wildman–Crippen LogP) is 6.31. The highest BCUT2D eigenvalue weighted by atomic mass is 14.6. The zero-order valence-corrected chi connectivity index (χ0v) is 15.3. The van der Waals surface area contributed by atoms with Gasteiger partial charge in [-0.05, 0) is 49.4 Å². The third kappa shape index (κ3) is 7.68. The van der Waals surface area contributed by atoms with Gasteiger partial charge < -0.3 is 5.73 Å². The van der Waals surface area contributed by atoms with Gasteiger partial charge in [-0.1, -0.05) is 72.6 Å². The van der Waals surface area contributed by atoms with E-state index in [1.165, 1.54) is 77.0 Å². The average molecular weight is 296 g/mol. The highest BCUT2D eigenvalue weighted by Gasteiger charge is 2.31. The SMILES string of the molecule is CCCCCCCCCC(N)C1CCC(C(C)(C)C)CC1. The second-order valence-corrected chi connectivity index (χ2v) is 8.55. The highest BCUT2D eigenvalue weighted by Crippen LogP contribution is 2.40. The molecule has 0 aromatic heterocycles. The van der Waals surface area contributed by atoms with Crippen LogP contribution in [0.2, 0.25) is 0 Å². The molecule has 0 saturated heterocycles. The number of hydrogen-bond donors (Lipinski definition) is 1. The van der Waals surface area contributed by atoms with E-state index in [4.69, 9.17) is 5.73 Å². The smallest absolute Gasteiger partial charge is 0.00671 e. The Labute approximate surface area is 134 Å². The fraction of sp³-hybridized carbons (Fsp3) is 1.00. The molecule has 1 aliphatic carbocycles. The van der Waals surface area contributed by atoms with Crippen molar-refractivity contribution in [2.75, 3.05) is 0 Å². The van der Waals surface area contributed by atoms with Crippen LogP contribution < -0.4 is 5.73 Å². The molecule has 1 aliphatic rings. The summed E-state index contributed by atoms with van der Waals surface area (Å²) in [6.45, 7) is 9.48. The molecule has 0 spiro atoms. The molecule has 1 atom stereocenters.